The van der Waals surface area contributed by atoms with Crippen molar-refractivity contribution in [2.24, 2.45) is 0 Å². The van der Waals surface area contributed by atoms with Gasteiger partial charge in [0.05, 0.1) is 0 Å². The summed E-state index contributed by atoms with van der Waals surface area (Å²) in [6.45, 7) is 2.98. The van der Waals surface area contributed by atoms with Crippen LogP contribution in [0.25, 0.3) is 0 Å². The van der Waals surface area contributed by atoms with Crippen molar-refractivity contribution in [3.63, 3.8) is 0 Å². The van der Waals surface area contributed by atoms with Gasteiger partial charge in [-0.15, -0.1) is 0 Å². The first-order valence-electron chi connectivity index (χ1n) is 7.80. The third-order valence-corrected chi connectivity index (χ3v) is 3.77. The smallest absolute Gasteiger partial charge is 0.251 e. The van der Waals surface area contributed by atoms with Crippen LogP contribution in [0.15, 0.2) is 18.3 Å². The molecule has 1 heterocycles. The molecule has 0 aliphatic heterocycles. The highest BCUT2D eigenvalue weighted by Gasteiger charge is 2.16. The van der Waals surface area contributed by atoms with E-state index in [4.69, 9.17) is 0 Å². The van der Waals surface area contributed by atoms with E-state index in [1.165, 1.54) is 25.7 Å². The molecule has 0 atom stereocenters. The first kappa shape index (κ1) is 14.8. The van der Waals surface area contributed by atoms with Gasteiger partial charge in [0.15, 0.2) is 0 Å². The zero-order valence-electron chi connectivity index (χ0n) is 12.3. The van der Waals surface area contributed by atoms with E-state index < -0.39 is 0 Å². The van der Waals surface area contributed by atoms with Crippen LogP contribution in [0.1, 0.15) is 62.2 Å². The van der Waals surface area contributed by atoms with Gasteiger partial charge in [0, 0.05) is 24.3 Å². The van der Waals surface area contributed by atoms with Crippen LogP contribution in [-0.4, -0.2) is 23.5 Å². The highest BCUT2D eigenvalue weighted by molar-refractivity contribution is 5.94. The van der Waals surface area contributed by atoms with Crippen molar-refractivity contribution in [2.45, 2.75) is 57.9 Å². The highest BCUT2D eigenvalue weighted by Crippen LogP contribution is 2.18. The van der Waals surface area contributed by atoms with E-state index in [0.717, 1.165) is 31.6 Å². The Labute approximate surface area is 121 Å². The molecule has 110 valence electrons. The van der Waals surface area contributed by atoms with Gasteiger partial charge >= 0.3 is 0 Å². The lowest BCUT2D eigenvalue weighted by Gasteiger charge is -2.16. The Morgan fingerprint density at radius 2 is 2.05 bits per heavy atom. The second-order valence-electron chi connectivity index (χ2n) is 5.52. The molecule has 1 aromatic rings. The van der Waals surface area contributed by atoms with Crippen molar-refractivity contribution in [1.29, 1.82) is 0 Å². The molecular formula is C16H25N3O. The molecule has 0 unspecified atom stereocenters. The number of carbonyl (C=O) groups is 1. The van der Waals surface area contributed by atoms with Gasteiger partial charge in [-0.2, -0.15) is 0 Å². The largest absolute Gasteiger partial charge is 0.370 e. The molecule has 20 heavy (non-hydrogen) atoms. The van der Waals surface area contributed by atoms with Crippen LogP contribution in [0, 0.1) is 0 Å². The molecule has 1 aliphatic carbocycles. The second kappa shape index (κ2) is 7.88. The summed E-state index contributed by atoms with van der Waals surface area (Å²) in [7, 11) is 0. The molecule has 1 saturated carbocycles. The third kappa shape index (κ3) is 4.51. The Bertz CT molecular complexity index is 425. The molecule has 2 rings (SSSR count). The van der Waals surface area contributed by atoms with Gasteiger partial charge in [0.1, 0.15) is 5.82 Å². The Morgan fingerprint density at radius 3 is 2.75 bits per heavy atom. The van der Waals surface area contributed by atoms with E-state index in [-0.39, 0.29) is 5.91 Å². The van der Waals surface area contributed by atoms with Crippen molar-refractivity contribution < 1.29 is 4.79 Å². The molecule has 1 amide bonds. The maximum absolute atomic E-state index is 12.3. The number of pyridine rings is 1. The Hall–Kier alpha value is -1.58. The quantitative estimate of drug-likeness (QED) is 0.810. The lowest BCUT2D eigenvalue weighted by Crippen LogP contribution is -2.34. The number of anilines is 1. The van der Waals surface area contributed by atoms with Crippen molar-refractivity contribution in [2.75, 3.05) is 11.9 Å². The Morgan fingerprint density at radius 1 is 1.30 bits per heavy atom. The number of carbonyl (C=O) groups excluding carboxylic acids is 1. The van der Waals surface area contributed by atoms with Crippen molar-refractivity contribution in [3.8, 4) is 0 Å². The van der Waals surface area contributed by atoms with Crippen LogP contribution >= 0.6 is 0 Å². The number of rotatable bonds is 5. The molecule has 0 radical (unpaired) electrons. The fourth-order valence-corrected chi connectivity index (χ4v) is 2.61. The van der Waals surface area contributed by atoms with Gasteiger partial charge in [-0.1, -0.05) is 32.6 Å². The molecule has 0 bridgehead atoms. The van der Waals surface area contributed by atoms with E-state index >= 15 is 0 Å². The van der Waals surface area contributed by atoms with Crippen LogP contribution in [0.5, 0.6) is 0 Å². The summed E-state index contributed by atoms with van der Waals surface area (Å²) in [5.74, 6) is 0.805. The van der Waals surface area contributed by atoms with E-state index in [9.17, 15) is 4.79 Å². The minimum Gasteiger partial charge on any atom is -0.370 e. The first-order valence-corrected chi connectivity index (χ1v) is 7.80. The fourth-order valence-electron chi connectivity index (χ4n) is 2.61. The van der Waals surface area contributed by atoms with E-state index in [1.807, 2.05) is 6.07 Å². The zero-order valence-corrected chi connectivity index (χ0v) is 12.3. The minimum atomic E-state index is 0.0267. The van der Waals surface area contributed by atoms with Crippen molar-refractivity contribution in [3.05, 3.63) is 23.9 Å². The summed E-state index contributed by atoms with van der Waals surface area (Å²) < 4.78 is 0. The van der Waals surface area contributed by atoms with E-state index in [2.05, 4.69) is 22.5 Å². The summed E-state index contributed by atoms with van der Waals surface area (Å²) >= 11 is 0. The standard InChI is InChI=1S/C16H25N3O/c1-2-10-17-15-12-13(9-11-18-15)16(20)19-14-7-5-3-4-6-8-14/h9,11-12,14H,2-8,10H2,1H3,(H,17,18)(H,19,20). The number of nitrogens with one attached hydrogen (secondary N) is 2. The van der Waals surface area contributed by atoms with Gasteiger partial charge in [0.2, 0.25) is 0 Å². The van der Waals surface area contributed by atoms with Crippen molar-refractivity contribution in [1.82, 2.24) is 10.3 Å². The summed E-state index contributed by atoms with van der Waals surface area (Å²) in [6.07, 6.45) is 10.0. The lowest BCUT2D eigenvalue weighted by atomic mass is 10.1. The SMILES string of the molecule is CCCNc1cc(C(=O)NC2CCCCCC2)ccn1. The Balaban J connectivity index is 1.93. The summed E-state index contributed by atoms with van der Waals surface area (Å²) in [6, 6.07) is 3.95. The fraction of sp³-hybridized carbons (Fsp3) is 0.625. The van der Waals surface area contributed by atoms with Crippen LogP contribution in [0.2, 0.25) is 0 Å². The van der Waals surface area contributed by atoms with Crippen molar-refractivity contribution >= 4 is 11.7 Å². The number of aromatic nitrogens is 1. The third-order valence-electron chi connectivity index (χ3n) is 3.77. The molecule has 1 aliphatic rings. The average molecular weight is 275 g/mol. The molecule has 2 N–H and O–H groups in total. The summed E-state index contributed by atoms with van der Waals surface area (Å²) in [4.78, 5) is 16.5. The first-order chi connectivity index (χ1) is 9.79. The predicted molar refractivity (Wildman–Crippen MR) is 82.0 cm³/mol. The monoisotopic (exact) mass is 275 g/mol. The topological polar surface area (TPSA) is 54.0 Å². The molecule has 0 saturated heterocycles. The predicted octanol–water partition coefficient (Wildman–Crippen LogP) is 3.36. The van der Waals surface area contributed by atoms with Gasteiger partial charge in [-0.05, 0) is 31.4 Å². The number of amides is 1. The second-order valence-corrected chi connectivity index (χ2v) is 5.52. The molecule has 0 aromatic carbocycles. The number of hydrogen-bond donors (Lipinski definition) is 2. The lowest BCUT2D eigenvalue weighted by molar-refractivity contribution is 0.0933. The van der Waals surface area contributed by atoms with Gasteiger partial charge in [-0.25, -0.2) is 4.98 Å². The Kier molecular flexibility index (Phi) is 5.84. The van der Waals surface area contributed by atoms with E-state index in [1.54, 1.807) is 12.3 Å². The minimum absolute atomic E-state index is 0.0267. The van der Waals surface area contributed by atoms with Gasteiger partial charge < -0.3 is 10.6 Å². The molecule has 0 spiro atoms. The van der Waals surface area contributed by atoms with Gasteiger partial charge in [-0.3, -0.25) is 4.79 Å². The molecule has 1 fully saturated rings. The normalized spacial score (nSPS) is 16.4. The number of nitrogens with zero attached hydrogens (tertiary/aromatic N) is 1. The maximum atomic E-state index is 12.3. The van der Waals surface area contributed by atoms with Crippen LogP contribution in [-0.2, 0) is 0 Å². The molecule has 4 nitrogen and oxygen atoms in total. The van der Waals surface area contributed by atoms with Crippen LogP contribution in [0.3, 0.4) is 0 Å². The zero-order chi connectivity index (χ0) is 14.2. The highest BCUT2D eigenvalue weighted by atomic mass is 16.1. The summed E-state index contributed by atoms with van der Waals surface area (Å²) in [5, 5.41) is 6.38. The van der Waals surface area contributed by atoms with Crippen LogP contribution < -0.4 is 10.6 Å². The molecule has 4 heteroatoms. The molecular weight excluding hydrogens is 250 g/mol. The summed E-state index contributed by atoms with van der Waals surface area (Å²) in [5.41, 5.74) is 0.697. The van der Waals surface area contributed by atoms with Gasteiger partial charge in [0.25, 0.3) is 5.91 Å². The number of hydrogen-bond acceptors (Lipinski definition) is 3. The molecule has 1 aromatic heterocycles. The van der Waals surface area contributed by atoms with Crippen LogP contribution in [0.4, 0.5) is 5.82 Å². The average Bonchev–Trinajstić information content (AvgIpc) is 2.74. The van der Waals surface area contributed by atoms with E-state index in [0.29, 0.717) is 11.6 Å². The maximum Gasteiger partial charge on any atom is 0.251 e.